The third-order valence-corrected chi connectivity index (χ3v) is 3.51. The number of fused-ring (bicyclic) bond motifs is 1. The zero-order chi connectivity index (χ0) is 13.4. The monoisotopic (exact) mass is 275 g/mol. The molecule has 0 unspecified atom stereocenters. The highest BCUT2D eigenvalue weighted by molar-refractivity contribution is 6.30. The lowest BCUT2D eigenvalue weighted by atomic mass is 10.1. The van der Waals surface area contributed by atoms with Gasteiger partial charge in [-0.25, -0.2) is 4.39 Å². The first-order valence-electron chi connectivity index (χ1n) is 5.96. The number of halogens is 2. The molecule has 2 aromatic rings. The molecule has 2 nitrogen and oxygen atoms in total. The maximum Gasteiger partial charge on any atom is 0.254 e. The van der Waals surface area contributed by atoms with Gasteiger partial charge in [-0.05, 0) is 23.8 Å². The van der Waals surface area contributed by atoms with Gasteiger partial charge < -0.3 is 4.90 Å². The Morgan fingerprint density at radius 2 is 2.00 bits per heavy atom. The topological polar surface area (TPSA) is 20.3 Å². The molecule has 0 saturated heterocycles. The summed E-state index contributed by atoms with van der Waals surface area (Å²) in [5.74, 6) is -0.429. The minimum Gasteiger partial charge on any atom is -0.330 e. The summed E-state index contributed by atoms with van der Waals surface area (Å²) in [6, 6.07) is 12.0. The number of benzene rings is 2. The summed E-state index contributed by atoms with van der Waals surface area (Å²) < 4.78 is 13.7. The van der Waals surface area contributed by atoms with Gasteiger partial charge in [0.2, 0.25) is 0 Å². The number of carbonyl (C=O) groups excluding carboxylic acids is 1. The Balaban J connectivity index is 1.85. The standard InChI is InChI=1S/C15H11ClFNO/c16-12-6-5-11(14(17)7-12)9-18-8-10-3-1-2-4-13(10)15(18)19/h1-7H,8-9H2. The molecule has 0 fully saturated rings. The average Bonchev–Trinajstić information content (AvgIpc) is 2.70. The summed E-state index contributed by atoms with van der Waals surface area (Å²) >= 11 is 5.71. The SMILES string of the molecule is O=C1c2ccccc2CN1Cc1ccc(Cl)cc1F. The van der Waals surface area contributed by atoms with Crippen LogP contribution in [0.1, 0.15) is 21.5 Å². The molecule has 2 aromatic carbocycles. The van der Waals surface area contributed by atoms with Crippen LogP contribution in [0.2, 0.25) is 5.02 Å². The second-order valence-corrected chi connectivity index (χ2v) is 4.99. The number of nitrogens with zero attached hydrogens (tertiary/aromatic N) is 1. The van der Waals surface area contributed by atoms with Crippen LogP contribution in [0.4, 0.5) is 4.39 Å². The number of rotatable bonds is 2. The third-order valence-electron chi connectivity index (χ3n) is 3.27. The Bertz CT molecular complexity index is 656. The first-order chi connectivity index (χ1) is 9.15. The van der Waals surface area contributed by atoms with Gasteiger partial charge in [-0.3, -0.25) is 4.79 Å². The van der Waals surface area contributed by atoms with Crippen molar-refractivity contribution in [3.63, 3.8) is 0 Å². The zero-order valence-electron chi connectivity index (χ0n) is 10.1. The van der Waals surface area contributed by atoms with E-state index in [-0.39, 0.29) is 18.3 Å². The minimum absolute atomic E-state index is 0.0510. The minimum atomic E-state index is -0.378. The molecule has 1 aliphatic heterocycles. The van der Waals surface area contributed by atoms with E-state index in [9.17, 15) is 9.18 Å². The van der Waals surface area contributed by atoms with Gasteiger partial charge in [0.25, 0.3) is 5.91 Å². The van der Waals surface area contributed by atoms with Gasteiger partial charge in [-0.1, -0.05) is 35.9 Å². The molecule has 0 bridgehead atoms. The van der Waals surface area contributed by atoms with Crippen LogP contribution in [-0.2, 0) is 13.1 Å². The fraction of sp³-hybridized carbons (Fsp3) is 0.133. The Hall–Kier alpha value is -1.87. The van der Waals surface area contributed by atoms with Crippen molar-refractivity contribution in [2.24, 2.45) is 0 Å². The number of hydrogen-bond acceptors (Lipinski definition) is 1. The Labute approximate surface area is 115 Å². The Kier molecular flexibility index (Phi) is 2.99. The molecule has 1 aliphatic rings. The van der Waals surface area contributed by atoms with Crippen LogP contribution < -0.4 is 0 Å². The van der Waals surface area contributed by atoms with Crippen molar-refractivity contribution >= 4 is 17.5 Å². The third kappa shape index (κ3) is 2.22. The molecule has 1 amide bonds. The molecule has 0 aliphatic carbocycles. The molecule has 0 radical (unpaired) electrons. The van der Waals surface area contributed by atoms with Crippen LogP contribution in [0.3, 0.4) is 0 Å². The highest BCUT2D eigenvalue weighted by atomic mass is 35.5. The van der Waals surface area contributed by atoms with Crippen LogP contribution >= 0.6 is 11.6 Å². The van der Waals surface area contributed by atoms with Crippen molar-refractivity contribution in [2.75, 3.05) is 0 Å². The molecule has 0 spiro atoms. The van der Waals surface area contributed by atoms with Gasteiger partial charge in [-0.2, -0.15) is 0 Å². The van der Waals surface area contributed by atoms with Crippen molar-refractivity contribution in [1.82, 2.24) is 4.90 Å². The van der Waals surface area contributed by atoms with Gasteiger partial charge in [-0.15, -0.1) is 0 Å². The van der Waals surface area contributed by atoms with Gasteiger partial charge in [0.15, 0.2) is 0 Å². The predicted molar refractivity (Wildman–Crippen MR) is 71.4 cm³/mol. The van der Waals surface area contributed by atoms with Crippen LogP contribution in [0.15, 0.2) is 42.5 Å². The van der Waals surface area contributed by atoms with Crippen LogP contribution in [0.25, 0.3) is 0 Å². The summed E-state index contributed by atoms with van der Waals surface area (Å²) in [5, 5.41) is 0.359. The second-order valence-electron chi connectivity index (χ2n) is 4.55. The van der Waals surface area contributed by atoms with Crippen LogP contribution in [0, 0.1) is 5.82 Å². The lowest BCUT2D eigenvalue weighted by Crippen LogP contribution is -2.23. The summed E-state index contributed by atoms with van der Waals surface area (Å²) in [7, 11) is 0. The average molecular weight is 276 g/mol. The summed E-state index contributed by atoms with van der Waals surface area (Å²) in [6.07, 6.45) is 0. The lowest BCUT2D eigenvalue weighted by Gasteiger charge is -2.16. The predicted octanol–water partition coefficient (Wildman–Crippen LogP) is 3.64. The zero-order valence-corrected chi connectivity index (χ0v) is 10.8. The summed E-state index contributed by atoms with van der Waals surface area (Å²) in [5.41, 5.74) is 2.17. The van der Waals surface area contributed by atoms with E-state index in [1.54, 1.807) is 23.1 Å². The fourth-order valence-corrected chi connectivity index (χ4v) is 2.46. The van der Waals surface area contributed by atoms with E-state index in [0.29, 0.717) is 22.7 Å². The van der Waals surface area contributed by atoms with Gasteiger partial charge in [0.1, 0.15) is 5.82 Å². The van der Waals surface area contributed by atoms with E-state index in [1.165, 1.54) is 6.07 Å². The Morgan fingerprint density at radius 3 is 2.74 bits per heavy atom. The maximum absolute atomic E-state index is 13.7. The van der Waals surface area contributed by atoms with Crippen molar-refractivity contribution in [3.8, 4) is 0 Å². The van der Waals surface area contributed by atoms with E-state index in [0.717, 1.165) is 5.56 Å². The first-order valence-corrected chi connectivity index (χ1v) is 6.34. The van der Waals surface area contributed by atoms with Crippen LogP contribution in [0.5, 0.6) is 0 Å². The van der Waals surface area contributed by atoms with Crippen molar-refractivity contribution in [3.05, 3.63) is 70.0 Å². The van der Waals surface area contributed by atoms with Gasteiger partial charge in [0.05, 0.1) is 0 Å². The molecule has 96 valence electrons. The van der Waals surface area contributed by atoms with Crippen molar-refractivity contribution in [1.29, 1.82) is 0 Å². The molecule has 0 N–H and O–H groups in total. The molecule has 19 heavy (non-hydrogen) atoms. The number of hydrogen-bond donors (Lipinski definition) is 0. The highest BCUT2D eigenvalue weighted by Gasteiger charge is 2.27. The smallest absolute Gasteiger partial charge is 0.254 e. The molecule has 0 aromatic heterocycles. The normalized spacial score (nSPS) is 13.8. The molecular formula is C15H11ClFNO. The molecular weight excluding hydrogens is 265 g/mol. The van der Waals surface area contributed by atoms with Gasteiger partial charge >= 0.3 is 0 Å². The van der Waals surface area contributed by atoms with E-state index in [2.05, 4.69) is 0 Å². The molecule has 0 saturated carbocycles. The van der Waals surface area contributed by atoms with E-state index in [4.69, 9.17) is 11.6 Å². The largest absolute Gasteiger partial charge is 0.330 e. The highest BCUT2D eigenvalue weighted by Crippen LogP contribution is 2.25. The molecule has 4 heteroatoms. The first kappa shape index (κ1) is 12.2. The number of carbonyl (C=O) groups is 1. The number of amides is 1. The van der Waals surface area contributed by atoms with E-state index >= 15 is 0 Å². The maximum atomic E-state index is 13.7. The van der Waals surface area contributed by atoms with Gasteiger partial charge in [0, 0.05) is 29.2 Å². The summed E-state index contributed by atoms with van der Waals surface area (Å²) in [4.78, 5) is 13.8. The van der Waals surface area contributed by atoms with Crippen molar-refractivity contribution in [2.45, 2.75) is 13.1 Å². The molecule has 1 heterocycles. The molecule has 0 atom stereocenters. The second kappa shape index (κ2) is 4.67. The fourth-order valence-electron chi connectivity index (χ4n) is 2.30. The van der Waals surface area contributed by atoms with Crippen molar-refractivity contribution < 1.29 is 9.18 Å². The lowest BCUT2D eigenvalue weighted by molar-refractivity contribution is 0.0765. The van der Waals surface area contributed by atoms with E-state index in [1.807, 2.05) is 18.2 Å². The quantitative estimate of drug-likeness (QED) is 0.819. The summed E-state index contributed by atoms with van der Waals surface area (Å²) in [6.45, 7) is 0.785. The van der Waals surface area contributed by atoms with Crippen LogP contribution in [-0.4, -0.2) is 10.8 Å². The van der Waals surface area contributed by atoms with E-state index < -0.39 is 0 Å². The Morgan fingerprint density at radius 1 is 1.21 bits per heavy atom. The molecule has 3 rings (SSSR count).